The molecule has 27 heavy (non-hydrogen) atoms. The first-order valence-electron chi connectivity index (χ1n) is 8.10. The number of ketones is 1. The summed E-state index contributed by atoms with van der Waals surface area (Å²) in [6, 6.07) is 13.3. The zero-order valence-electron chi connectivity index (χ0n) is 14.8. The monoisotopic (exact) mass is 379 g/mol. The molecule has 3 rings (SSSR count). The van der Waals surface area contributed by atoms with Gasteiger partial charge in [0.05, 0.1) is 17.6 Å². The summed E-state index contributed by atoms with van der Waals surface area (Å²) in [5.41, 5.74) is 7.47. The predicted molar refractivity (Wildman–Crippen MR) is 102 cm³/mol. The molecule has 3 aromatic rings. The molecule has 0 amide bonds. The summed E-state index contributed by atoms with van der Waals surface area (Å²) in [5, 5.41) is 18.2. The number of carbonyl (C=O) groups excluding carboxylic acids is 1. The van der Waals surface area contributed by atoms with Gasteiger partial charge in [-0.05, 0) is 32.0 Å². The number of aryl methyl sites for hydroxylation is 1. The van der Waals surface area contributed by atoms with Gasteiger partial charge in [-0.1, -0.05) is 30.0 Å². The van der Waals surface area contributed by atoms with Crippen molar-refractivity contribution in [3.05, 3.63) is 59.7 Å². The number of furan rings is 1. The maximum atomic E-state index is 12.3. The first-order valence-corrected chi connectivity index (χ1v) is 9.09. The zero-order valence-corrected chi connectivity index (χ0v) is 15.7. The van der Waals surface area contributed by atoms with Crippen molar-refractivity contribution in [3.8, 4) is 23.1 Å². The van der Waals surface area contributed by atoms with Gasteiger partial charge in [0.15, 0.2) is 16.8 Å². The largest absolute Gasteiger partial charge is 0.469 e. The number of allylic oxidation sites excluding steroid dienone is 2. The predicted octanol–water partition coefficient (Wildman–Crippen LogP) is 3.25. The molecular weight excluding hydrogens is 362 g/mol. The molecule has 0 spiro atoms. The van der Waals surface area contributed by atoms with E-state index in [1.165, 1.54) is 18.7 Å². The quantitative estimate of drug-likeness (QED) is 0.397. The summed E-state index contributed by atoms with van der Waals surface area (Å²) >= 11 is 1.20. The number of nitriles is 1. The van der Waals surface area contributed by atoms with Gasteiger partial charge in [0, 0.05) is 11.4 Å². The highest BCUT2D eigenvalue weighted by molar-refractivity contribution is 7.99. The number of nitrogens with zero attached hydrogens (tertiary/aromatic N) is 4. The molecule has 1 aromatic carbocycles. The van der Waals surface area contributed by atoms with Gasteiger partial charge in [-0.3, -0.25) is 9.36 Å². The smallest absolute Gasteiger partial charge is 0.196 e. The molecule has 0 saturated carbocycles. The number of nitrogens with two attached hydrogens (primary N) is 1. The van der Waals surface area contributed by atoms with Crippen LogP contribution >= 0.6 is 11.8 Å². The van der Waals surface area contributed by atoms with Gasteiger partial charge in [0.2, 0.25) is 0 Å². The Labute approximate surface area is 160 Å². The molecule has 0 aliphatic heterocycles. The Morgan fingerprint density at radius 2 is 2.04 bits per heavy atom. The van der Waals surface area contributed by atoms with E-state index in [1.807, 2.05) is 54.0 Å². The number of para-hydroxylation sites is 1. The van der Waals surface area contributed by atoms with Gasteiger partial charge in [-0.25, -0.2) is 0 Å². The van der Waals surface area contributed by atoms with E-state index in [9.17, 15) is 4.79 Å². The maximum absolute atomic E-state index is 12.3. The van der Waals surface area contributed by atoms with E-state index in [2.05, 4.69) is 10.2 Å². The van der Waals surface area contributed by atoms with Gasteiger partial charge in [-0.15, -0.1) is 10.2 Å². The summed E-state index contributed by atoms with van der Waals surface area (Å²) in [6.07, 6.45) is 1.60. The van der Waals surface area contributed by atoms with Crippen molar-refractivity contribution in [3.63, 3.8) is 0 Å². The van der Waals surface area contributed by atoms with E-state index < -0.39 is 0 Å². The number of hydrogen-bond donors (Lipinski definition) is 1. The lowest BCUT2D eigenvalue weighted by atomic mass is 10.2. The van der Waals surface area contributed by atoms with Gasteiger partial charge < -0.3 is 10.2 Å². The average Bonchev–Trinajstić information content (AvgIpc) is 3.26. The third kappa shape index (κ3) is 3.78. The van der Waals surface area contributed by atoms with E-state index in [0.29, 0.717) is 11.0 Å². The van der Waals surface area contributed by atoms with Crippen molar-refractivity contribution in [1.29, 1.82) is 5.26 Å². The molecule has 0 saturated heterocycles. The molecule has 8 heteroatoms. The number of thioether (sulfide) groups is 1. The van der Waals surface area contributed by atoms with Crippen LogP contribution in [0.4, 0.5) is 0 Å². The molecule has 0 aliphatic rings. The number of Topliss-reactive ketones (excluding diaryl/α,β-unsaturated/α-hetero) is 1. The van der Waals surface area contributed by atoms with Gasteiger partial charge >= 0.3 is 0 Å². The number of aromatic nitrogens is 3. The topological polar surface area (TPSA) is 111 Å². The van der Waals surface area contributed by atoms with Crippen LogP contribution in [0.5, 0.6) is 0 Å². The number of rotatable bonds is 6. The molecular formula is C19H17N5O2S. The normalized spacial score (nSPS) is 11.7. The second-order valence-electron chi connectivity index (χ2n) is 5.75. The van der Waals surface area contributed by atoms with E-state index >= 15 is 0 Å². The Morgan fingerprint density at radius 3 is 2.63 bits per heavy atom. The second kappa shape index (κ2) is 7.93. The van der Waals surface area contributed by atoms with E-state index in [1.54, 1.807) is 6.26 Å². The minimum atomic E-state index is -0.342. The molecule has 2 heterocycles. The fraction of sp³-hybridized carbons (Fsp3) is 0.158. The average molecular weight is 379 g/mol. The van der Waals surface area contributed by atoms with Crippen LogP contribution in [0.3, 0.4) is 0 Å². The van der Waals surface area contributed by atoms with Crippen LogP contribution in [0.2, 0.25) is 0 Å². The Hall–Kier alpha value is -3.31. The van der Waals surface area contributed by atoms with Crippen LogP contribution in [0, 0.1) is 18.3 Å². The molecule has 136 valence electrons. The van der Waals surface area contributed by atoms with Crippen LogP contribution in [0.25, 0.3) is 17.1 Å². The van der Waals surface area contributed by atoms with Gasteiger partial charge in [0.1, 0.15) is 17.4 Å². The van der Waals surface area contributed by atoms with Crippen molar-refractivity contribution in [2.75, 3.05) is 5.75 Å². The first kappa shape index (κ1) is 18.5. The van der Waals surface area contributed by atoms with Crippen molar-refractivity contribution in [2.45, 2.75) is 19.0 Å². The molecule has 0 unspecified atom stereocenters. The highest BCUT2D eigenvalue weighted by Gasteiger charge is 2.20. The third-order valence-corrected chi connectivity index (χ3v) is 4.79. The summed E-state index contributed by atoms with van der Waals surface area (Å²) in [6.45, 7) is 3.39. The summed E-state index contributed by atoms with van der Waals surface area (Å²) in [4.78, 5) is 12.3. The fourth-order valence-corrected chi connectivity index (χ4v) is 3.36. The van der Waals surface area contributed by atoms with Crippen LogP contribution in [0.15, 0.2) is 63.5 Å². The summed E-state index contributed by atoms with van der Waals surface area (Å²) < 4.78 is 7.25. The zero-order chi connectivity index (χ0) is 19.4. The molecule has 0 aliphatic carbocycles. The summed E-state index contributed by atoms with van der Waals surface area (Å²) in [7, 11) is 0. The number of hydrogen-bond acceptors (Lipinski definition) is 7. The molecule has 2 N–H and O–H groups in total. The maximum Gasteiger partial charge on any atom is 0.196 e. The minimum absolute atomic E-state index is 0.0285. The van der Waals surface area contributed by atoms with Crippen molar-refractivity contribution in [2.24, 2.45) is 5.73 Å². The molecule has 0 atom stereocenters. The standard InChI is InChI=1S/C19H17N5O2S/c1-12(21)16(10-20)17(25)11-27-19-23-22-18(15-8-9-26-13(15)2)24(19)14-6-4-3-5-7-14/h3-9H,11,21H2,1-2H3/b16-12+. The highest BCUT2D eigenvalue weighted by atomic mass is 32.2. The lowest BCUT2D eigenvalue weighted by molar-refractivity contribution is -0.112. The minimum Gasteiger partial charge on any atom is -0.469 e. The van der Waals surface area contributed by atoms with Crippen molar-refractivity contribution < 1.29 is 9.21 Å². The SMILES string of the molecule is C/C(N)=C(/C#N)C(=O)CSc1nnc(-c2ccoc2C)n1-c1ccccc1. The Morgan fingerprint density at radius 1 is 1.30 bits per heavy atom. The fourth-order valence-electron chi connectivity index (χ4n) is 2.54. The lowest BCUT2D eigenvalue weighted by Crippen LogP contribution is -2.11. The second-order valence-corrected chi connectivity index (χ2v) is 6.69. The Bertz CT molecular complexity index is 1040. The van der Waals surface area contributed by atoms with E-state index in [0.717, 1.165) is 17.0 Å². The van der Waals surface area contributed by atoms with Crippen LogP contribution in [0.1, 0.15) is 12.7 Å². The first-order chi connectivity index (χ1) is 13.0. The van der Waals surface area contributed by atoms with Gasteiger partial charge in [-0.2, -0.15) is 5.26 Å². The molecule has 2 aromatic heterocycles. The van der Waals surface area contributed by atoms with E-state index in [4.69, 9.17) is 15.4 Å². The molecule has 7 nitrogen and oxygen atoms in total. The van der Waals surface area contributed by atoms with Crippen LogP contribution in [-0.4, -0.2) is 26.3 Å². The Kier molecular flexibility index (Phi) is 5.43. The number of benzene rings is 1. The molecule has 0 bridgehead atoms. The van der Waals surface area contributed by atoms with Crippen molar-refractivity contribution in [1.82, 2.24) is 14.8 Å². The lowest BCUT2D eigenvalue weighted by Gasteiger charge is -2.09. The highest BCUT2D eigenvalue weighted by Crippen LogP contribution is 2.30. The molecule has 0 fully saturated rings. The van der Waals surface area contributed by atoms with E-state index in [-0.39, 0.29) is 22.8 Å². The van der Waals surface area contributed by atoms with Crippen molar-refractivity contribution >= 4 is 17.5 Å². The third-order valence-electron chi connectivity index (χ3n) is 3.86. The Balaban J connectivity index is 1.99. The number of carbonyl (C=O) groups is 1. The van der Waals surface area contributed by atoms with Gasteiger partial charge in [0.25, 0.3) is 0 Å². The van der Waals surface area contributed by atoms with Crippen LogP contribution in [-0.2, 0) is 4.79 Å². The van der Waals surface area contributed by atoms with Crippen LogP contribution < -0.4 is 5.73 Å². The summed E-state index contributed by atoms with van der Waals surface area (Å²) in [5.74, 6) is 1.03. The molecule has 0 radical (unpaired) electrons.